The van der Waals surface area contributed by atoms with E-state index in [0.717, 1.165) is 12.8 Å². The molecule has 0 aromatic carbocycles. The van der Waals surface area contributed by atoms with Crippen LogP contribution >= 0.6 is 0 Å². The van der Waals surface area contributed by atoms with Crippen LogP contribution in [0.5, 0.6) is 0 Å². The quantitative estimate of drug-likeness (QED) is 0.612. The average molecular weight is 216 g/mol. The van der Waals surface area contributed by atoms with Gasteiger partial charge < -0.3 is 4.74 Å². The van der Waals surface area contributed by atoms with E-state index in [1.165, 1.54) is 0 Å². The SMILES string of the molecule is CCC(NC(C)C)OC(CC)NC(C)C. The van der Waals surface area contributed by atoms with Crippen LogP contribution in [0.15, 0.2) is 0 Å². The van der Waals surface area contributed by atoms with E-state index >= 15 is 0 Å². The molecule has 2 N–H and O–H groups in total. The van der Waals surface area contributed by atoms with Crippen molar-refractivity contribution in [1.29, 1.82) is 0 Å². The molecule has 0 radical (unpaired) electrons. The van der Waals surface area contributed by atoms with Gasteiger partial charge >= 0.3 is 0 Å². The van der Waals surface area contributed by atoms with Gasteiger partial charge in [-0.1, -0.05) is 13.8 Å². The van der Waals surface area contributed by atoms with Gasteiger partial charge in [0.15, 0.2) is 0 Å². The Labute approximate surface area is 95.0 Å². The molecule has 0 aliphatic carbocycles. The summed E-state index contributed by atoms with van der Waals surface area (Å²) in [6, 6.07) is 0.929. The first kappa shape index (κ1) is 14.9. The van der Waals surface area contributed by atoms with E-state index in [-0.39, 0.29) is 12.5 Å². The van der Waals surface area contributed by atoms with E-state index in [9.17, 15) is 0 Å². The second-order valence-electron chi connectivity index (χ2n) is 4.57. The lowest BCUT2D eigenvalue weighted by Gasteiger charge is -2.27. The summed E-state index contributed by atoms with van der Waals surface area (Å²) < 4.78 is 5.95. The molecule has 0 bridgehead atoms. The van der Waals surface area contributed by atoms with Crippen LogP contribution in [0.2, 0.25) is 0 Å². The fourth-order valence-corrected chi connectivity index (χ4v) is 1.45. The van der Waals surface area contributed by atoms with E-state index in [2.05, 4.69) is 52.2 Å². The summed E-state index contributed by atoms with van der Waals surface area (Å²) in [5.41, 5.74) is 0. The number of rotatable bonds is 8. The maximum absolute atomic E-state index is 5.95. The van der Waals surface area contributed by atoms with Crippen LogP contribution in [0.25, 0.3) is 0 Å². The van der Waals surface area contributed by atoms with Gasteiger partial charge in [0.05, 0.1) is 0 Å². The van der Waals surface area contributed by atoms with Gasteiger partial charge in [0, 0.05) is 12.1 Å². The minimum Gasteiger partial charge on any atom is -0.345 e. The molecule has 0 aromatic rings. The second-order valence-corrected chi connectivity index (χ2v) is 4.57. The molecule has 0 saturated heterocycles. The Bertz CT molecular complexity index is 133. The van der Waals surface area contributed by atoms with Crippen molar-refractivity contribution in [2.45, 2.75) is 78.9 Å². The molecule has 2 unspecified atom stereocenters. The van der Waals surface area contributed by atoms with Gasteiger partial charge in [-0.25, -0.2) is 0 Å². The largest absolute Gasteiger partial charge is 0.345 e. The lowest BCUT2D eigenvalue weighted by atomic mass is 10.3. The number of ether oxygens (including phenoxy) is 1. The monoisotopic (exact) mass is 216 g/mol. The van der Waals surface area contributed by atoms with E-state index in [1.54, 1.807) is 0 Å². The van der Waals surface area contributed by atoms with Crippen molar-refractivity contribution in [1.82, 2.24) is 10.6 Å². The third-order valence-electron chi connectivity index (χ3n) is 2.11. The van der Waals surface area contributed by atoms with Gasteiger partial charge in [-0.15, -0.1) is 0 Å². The molecule has 0 heterocycles. The Kier molecular flexibility index (Phi) is 8.02. The Hall–Kier alpha value is -0.120. The van der Waals surface area contributed by atoms with Crippen LogP contribution in [0.4, 0.5) is 0 Å². The van der Waals surface area contributed by atoms with Crippen LogP contribution < -0.4 is 10.6 Å². The van der Waals surface area contributed by atoms with E-state index < -0.39 is 0 Å². The Morgan fingerprint density at radius 3 is 1.33 bits per heavy atom. The van der Waals surface area contributed by atoms with Crippen molar-refractivity contribution in [3.8, 4) is 0 Å². The summed E-state index contributed by atoms with van der Waals surface area (Å²) in [6.07, 6.45) is 2.30. The zero-order valence-electron chi connectivity index (χ0n) is 11.1. The molecular weight excluding hydrogens is 188 g/mol. The Morgan fingerprint density at radius 2 is 1.13 bits per heavy atom. The van der Waals surface area contributed by atoms with Crippen molar-refractivity contribution >= 4 is 0 Å². The molecule has 0 spiro atoms. The van der Waals surface area contributed by atoms with Crippen molar-refractivity contribution in [2.75, 3.05) is 0 Å². The highest BCUT2D eigenvalue weighted by atomic mass is 16.5. The molecule has 0 aliphatic rings. The van der Waals surface area contributed by atoms with E-state index in [0.29, 0.717) is 12.1 Å². The van der Waals surface area contributed by atoms with E-state index in [1.807, 2.05) is 0 Å². The van der Waals surface area contributed by atoms with E-state index in [4.69, 9.17) is 4.74 Å². The van der Waals surface area contributed by atoms with Crippen LogP contribution in [0.1, 0.15) is 54.4 Å². The normalized spacial score (nSPS) is 16.0. The van der Waals surface area contributed by atoms with Gasteiger partial charge in [-0.2, -0.15) is 0 Å². The summed E-state index contributed by atoms with van der Waals surface area (Å²) in [4.78, 5) is 0. The smallest absolute Gasteiger partial charge is 0.110 e. The molecule has 0 aliphatic heterocycles. The number of hydrogen-bond acceptors (Lipinski definition) is 3. The highest BCUT2D eigenvalue weighted by Crippen LogP contribution is 2.03. The Balaban J connectivity index is 3.99. The zero-order valence-corrected chi connectivity index (χ0v) is 11.1. The van der Waals surface area contributed by atoms with Gasteiger partial charge in [-0.3, -0.25) is 10.6 Å². The highest BCUT2D eigenvalue weighted by Gasteiger charge is 2.14. The molecule has 92 valence electrons. The summed E-state index contributed by atoms with van der Waals surface area (Å²) in [5.74, 6) is 0. The van der Waals surface area contributed by atoms with Crippen molar-refractivity contribution in [3.63, 3.8) is 0 Å². The van der Waals surface area contributed by atoms with Crippen molar-refractivity contribution < 1.29 is 4.74 Å². The molecule has 0 saturated carbocycles. The van der Waals surface area contributed by atoms with Gasteiger partial charge in [-0.05, 0) is 40.5 Å². The number of hydrogen-bond donors (Lipinski definition) is 2. The maximum atomic E-state index is 5.95. The van der Waals surface area contributed by atoms with Gasteiger partial charge in [0.2, 0.25) is 0 Å². The fourth-order valence-electron chi connectivity index (χ4n) is 1.45. The lowest BCUT2D eigenvalue weighted by molar-refractivity contribution is -0.0563. The van der Waals surface area contributed by atoms with Gasteiger partial charge in [0.1, 0.15) is 12.5 Å². The van der Waals surface area contributed by atoms with Crippen molar-refractivity contribution in [2.24, 2.45) is 0 Å². The van der Waals surface area contributed by atoms with Gasteiger partial charge in [0.25, 0.3) is 0 Å². The first-order valence-corrected chi connectivity index (χ1v) is 6.17. The minimum absolute atomic E-state index is 0.154. The number of nitrogens with one attached hydrogen (secondary N) is 2. The molecule has 3 heteroatoms. The second kappa shape index (κ2) is 8.08. The Morgan fingerprint density at radius 1 is 0.800 bits per heavy atom. The van der Waals surface area contributed by atoms with Crippen molar-refractivity contribution in [3.05, 3.63) is 0 Å². The predicted octanol–water partition coefficient (Wildman–Crippen LogP) is 2.47. The molecule has 15 heavy (non-hydrogen) atoms. The maximum Gasteiger partial charge on any atom is 0.110 e. The standard InChI is InChI=1S/C12H28N2O/c1-7-11(13-9(3)4)15-12(8-2)14-10(5)6/h9-14H,7-8H2,1-6H3. The first-order chi connectivity index (χ1) is 6.99. The summed E-state index contributed by atoms with van der Waals surface area (Å²) in [5, 5.41) is 6.81. The summed E-state index contributed by atoms with van der Waals surface area (Å²) in [6.45, 7) is 12.8. The first-order valence-electron chi connectivity index (χ1n) is 6.17. The molecule has 0 rings (SSSR count). The van der Waals surface area contributed by atoms with Crippen LogP contribution in [0, 0.1) is 0 Å². The topological polar surface area (TPSA) is 33.3 Å². The molecule has 0 fully saturated rings. The molecule has 3 nitrogen and oxygen atoms in total. The molecular formula is C12H28N2O. The van der Waals surface area contributed by atoms with Crippen LogP contribution in [0.3, 0.4) is 0 Å². The minimum atomic E-state index is 0.154. The third-order valence-corrected chi connectivity index (χ3v) is 2.11. The summed E-state index contributed by atoms with van der Waals surface area (Å²) in [7, 11) is 0. The van der Waals surface area contributed by atoms with Crippen LogP contribution in [-0.4, -0.2) is 24.5 Å². The highest BCUT2D eigenvalue weighted by molar-refractivity contribution is 4.63. The fraction of sp³-hybridized carbons (Fsp3) is 1.00. The molecule has 2 atom stereocenters. The molecule has 0 aromatic heterocycles. The molecule has 0 amide bonds. The average Bonchev–Trinajstić information content (AvgIpc) is 2.14. The zero-order chi connectivity index (χ0) is 11.8. The predicted molar refractivity (Wildman–Crippen MR) is 65.8 cm³/mol. The summed E-state index contributed by atoms with van der Waals surface area (Å²) >= 11 is 0. The lowest BCUT2D eigenvalue weighted by Crippen LogP contribution is -2.45. The third kappa shape index (κ3) is 7.77. The van der Waals surface area contributed by atoms with Crippen LogP contribution in [-0.2, 0) is 4.74 Å².